The lowest BCUT2D eigenvalue weighted by Gasteiger charge is -2.25. The number of ether oxygens (including phenoxy) is 4. The quantitative estimate of drug-likeness (QED) is 0.0592. The number of thiazole rings is 3. The second-order valence-corrected chi connectivity index (χ2v) is 23.6. The molecule has 2 N–H and O–H groups in total. The minimum atomic E-state index is 0.0263. The van der Waals surface area contributed by atoms with Crippen molar-refractivity contribution in [2.45, 2.75) is 110 Å². The number of methoxy groups -OCH3 is 1. The molecule has 5 aliphatic heterocycles. The van der Waals surface area contributed by atoms with Crippen molar-refractivity contribution in [1.82, 2.24) is 40.3 Å². The molecule has 0 radical (unpaired) electrons. The average molecular weight is 1100 g/mol. The standard InChI is InChI=1S/C23H31N3O3S.C20H27N3OS.C15H17ClN2OS/c1-17-5-3-11-25(17)12-4-14-29-19-8-6-18(7-9-19)23-24-20-15-26(22(27)16-28-2)13-10-21(20)30-23;1-15-4-2-11-23(15)12-3-13-24-17-7-5-16(6-8-17)20-22-18-14-21-10-9-19(18)25-20;16-7-1-9-19-12-4-2-11(3-5-12)15-18-13-10-17-8-6-14(13)20-15/h6-9,17H,3-5,10-16H2,1-2H3;5-8,15,21H,2-4,9-14H2,1H3;2-5,17H,1,6-10H2/t17-;15-;/m11./s1. The summed E-state index contributed by atoms with van der Waals surface area (Å²) in [6.07, 6.45) is 11.4. The lowest BCUT2D eigenvalue weighted by atomic mass is 10.2. The summed E-state index contributed by atoms with van der Waals surface area (Å²) >= 11 is 11.0. The Hall–Kier alpha value is -4.49. The fourth-order valence-electron chi connectivity index (χ4n) is 10.1. The molecule has 75 heavy (non-hydrogen) atoms. The van der Waals surface area contributed by atoms with Gasteiger partial charge >= 0.3 is 0 Å². The number of hydrogen-bond donors (Lipinski definition) is 2. The van der Waals surface area contributed by atoms with Gasteiger partial charge in [-0.3, -0.25) is 4.79 Å². The Bertz CT molecular complexity index is 2650. The molecule has 402 valence electrons. The molecule has 0 saturated carbocycles. The van der Waals surface area contributed by atoms with Crippen LogP contribution in [0.1, 0.15) is 90.5 Å². The van der Waals surface area contributed by atoms with Crippen LogP contribution in [0.5, 0.6) is 17.2 Å². The van der Waals surface area contributed by atoms with E-state index in [2.05, 4.69) is 82.8 Å². The molecular formula is C58H75ClN8O5S3. The van der Waals surface area contributed by atoms with E-state index in [4.69, 9.17) is 45.5 Å². The highest BCUT2D eigenvalue weighted by atomic mass is 35.5. The van der Waals surface area contributed by atoms with Gasteiger partial charge in [-0.05, 0) is 158 Å². The van der Waals surface area contributed by atoms with E-state index in [0.717, 1.165) is 159 Å². The molecule has 0 unspecified atom stereocenters. The first kappa shape index (κ1) is 55.3. The third kappa shape index (κ3) is 15.6. The monoisotopic (exact) mass is 1090 g/mol. The molecule has 0 bridgehead atoms. The average Bonchev–Trinajstić information content (AvgIpc) is 4.31. The second-order valence-electron chi connectivity index (χ2n) is 19.9. The van der Waals surface area contributed by atoms with Gasteiger partial charge in [0.05, 0.1) is 43.4 Å². The molecule has 11 rings (SSSR count). The fraction of sp³-hybridized carbons (Fsp3) is 0.517. The largest absolute Gasteiger partial charge is 0.494 e. The molecule has 13 nitrogen and oxygen atoms in total. The SMILES string of the molecule is COCC(=O)N1CCc2sc(-c3ccc(OCCCN4CCC[C@H]4C)cc3)nc2C1.C[C@@H]1CCCN1CCCOc1ccc(-c2nc3c(s2)CCNC3)cc1.ClCCCOc1ccc(-c2nc3c(s2)CCNC3)cc1. The van der Waals surface area contributed by atoms with Crippen LogP contribution in [0.15, 0.2) is 72.8 Å². The summed E-state index contributed by atoms with van der Waals surface area (Å²) in [5, 5.41) is 9.98. The summed E-state index contributed by atoms with van der Waals surface area (Å²) in [6, 6.07) is 26.3. The number of aromatic nitrogens is 3. The minimum Gasteiger partial charge on any atom is -0.494 e. The van der Waals surface area contributed by atoms with Crippen LogP contribution in [0.3, 0.4) is 0 Å². The van der Waals surface area contributed by atoms with Gasteiger partial charge in [-0.15, -0.1) is 45.6 Å². The van der Waals surface area contributed by atoms with Crippen LogP contribution >= 0.6 is 45.6 Å². The van der Waals surface area contributed by atoms with E-state index in [1.807, 2.05) is 40.5 Å². The van der Waals surface area contributed by atoms with Gasteiger partial charge in [0.2, 0.25) is 5.91 Å². The van der Waals surface area contributed by atoms with E-state index in [9.17, 15) is 4.79 Å². The highest BCUT2D eigenvalue weighted by molar-refractivity contribution is 7.15. The number of rotatable bonds is 19. The van der Waals surface area contributed by atoms with Crippen LogP contribution < -0.4 is 24.8 Å². The van der Waals surface area contributed by atoms with Gasteiger partial charge in [-0.25, -0.2) is 15.0 Å². The van der Waals surface area contributed by atoms with Gasteiger partial charge in [0.15, 0.2) is 0 Å². The number of carbonyl (C=O) groups excluding carboxylic acids is 1. The number of alkyl halides is 1. The van der Waals surface area contributed by atoms with E-state index in [0.29, 0.717) is 19.0 Å². The van der Waals surface area contributed by atoms with E-state index in [1.54, 1.807) is 29.8 Å². The third-order valence-corrected chi connectivity index (χ3v) is 18.4. The molecule has 2 saturated heterocycles. The highest BCUT2D eigenvalue weighted by Crippen LogP contribution is 2.34. The molecule has 3 aromatic carbocycles. The zero-order chi connectivity index (χ0) is 51.8. The molecule has 5 aliphatic rings. The van der Waals surface area contributed by atoms with E-state index >= 15 is 0 Å². The van der Waals surface area contributed by atoms with Crippen molar-refractivity contribution in [3.63, 3.8) is 0 Å². The lowest BCUT2D eigenvalue weighted by molar-refractivity contribution is -0.136. The summed E-state index contributed by atoms with van der Waals surface area (Å²) in [5.41, 5.74) is 6.90. The van der Waals surface area contributed by atoms with Crippen molar-refractivity contribution in [3.8, 4) is 49.0 Å². The Labute approximate surface area is 461 Å². The second kappa shape index (κ2) is 28.2. The maximum absolute atomic E-state index is 12.1. The molecule has 1 amide bonds. The number of likely N-dealkylation sites (tertiary alicyclic amines) is 2. The first-order valence-electron chi connectivity index (χ1n) is 27.2. The first-order chi connectivity index (χ1) is 36.8. The van der Waals surface area contributed by atoms with Crippen molar-refractivity contribution in [1.29, 1.82) is 0 Å². The zero-order valence-electron chi connectivity index (χ0n) is 44.1. The molecule has 2 fully saturated rings. The Morgan fingerprint density at radius 2 is 1.03 bits per heavy atom. The van der Waals surface area contributed by atoms with Crippen LogP contribution in [0.4, 0.5) is 0 Å². The van der Waals surface area contributed by atoms with Crippen molar-refractivity contribution >= 4 is 51.5 Å². The van der Waals surface area contributed by atoms with Crippen LogP contribution in [0.2, 0.25) is 0 Å². The van der Waals surface area contributed by atoms with Crippen molar-refractivity contribution in [2.75, 3.05) is 85.2 Å². The maximum Gasteiger partial charge on any atom is 0.248 e. The maximum atomic E-state index is 12.1. The number of carbonyl (C=O) groups is 1. The number of hydrogen-bond acceptors (Lipinski definition) is 15. The Balaban J connectivity index is 0.000000141. The van der Waals surface area contributed by atoms with Crippen molar-refractivity contribution in [2.24, 2.45) is 0 Å². The number of benzene rings is 3. The summed E-state index contributed by atoms with van der Waals surface area (Å²) in [6.45, 7) is 17.0. The Morgan fingerprint density at radius 1 is 0.600 bits per heavy atom. The topological polar surface area (TPSA) is 126 Å². The normalized spacial score (nSPS) is 18.3. The van der Waals surface area contributed by atoms with Crippen LogP contribution in [-0.2, 0) is 48.4 Å². The summed E-state index contributed by atoms with van der Waals surface area (Å²) in [5.74, 6) is 3.42. The molecule has 0 spiro atoms. The number of fused-ring (bicyclic) bond motifs is 3. The zero-order valence-corrected chi connectivity index (χ0v) is 47.3. The highest BCUT2D eigenvalue weighted by Gasteiger charge is 2.25. The predicted molar refractivity (Wildman–Crippen MR) is 306 cm³/mol. The van der Waals surface area contributed by atoms with Crippen molar-refractivity contribution in [3.05, 3.63) is 105 Å². The van der Waals surface area contributed by atoms with E-state index in [1.165, 1.54) is 70.4 Å². The molecule has 6 aromatic rings. The molecule has 8 heterocycles. The molecule has 17 heteroatoms. The van der Waals surface area contributed by atoms with Gasteiger partial charge < -0.3 is 44.3 Å². The molecular weight excluding hydrogens is 1020 g/mol. The number of nitrogens with one attached hydrogen (secondary N) is 2. The van der Waals surface area contributed by atoms with Gasteiger partial charge in [0, 0.05) is 109 Å². The van der Waals surface area contributed by atoms with Gasteiger partial charge in [-0.2, -0.15) is 0 Å². The fourth-order valence-corrected chi connectivity index (χ4v) is 13.5. The Morgan fingerprint density at radius 3 is 1.43 bits per heavy atom. The first-order valence-corrected chi connectivity index (χ1v) is 30.2. The molecule has 3 aromatic heterocycles. The van der Waals surface area contributed by atoms with E-state index in [-0.39, 0.29) is 12.5 Å². The predicted octanol–water partition coefficient (Wildman–Crippen LogP) is 10.8. The summed E-state index contributed by atoms with van der Waals surface area (Å²) in [4.78, 5) is 37.5. The number of halogens is 1. The third-order valence-electron chi connectivity index (χ3n) is 14.5. The minimum absolute atomic E-state index is 0.0263. The van der Waals surface area contributed by atoms with Crippen molar-refractivity contribution < 1.29 is 23.7 Å². The van der Waals surface area contributed by atoms with Gasteiger partial charge in [0.25, 0.3) is 0 Å². The van der Waals surface area contributed by atoms with E-state index < -0.39 is 0 Å². The van der Waals surface area contributed by atoms with Crippen LogP contribution in [0.25, 0.3) is 31.7 Å². The number of amides is 1. The lowest BCUT2D eigenvalue weighted by Crippen LogP contribution is -2.37. The van der Waals surface area contributed by atoms with Crippen LogP contribution in [0, 0.1) is 0 Å². The summed E-state index contributed by atoms with van der Waals surface area (Å²) < 4.78 is 22.4. The Kier molecular flexibility index (Phi) is 20.8. The molecule has 2 atom stereocenters. The van der Waals surface area contributed by atoms with Crippen LogP contribution in [-0.4, -0.2) is 133 Å². The molecule has 0 aliphatic carbocycles. The smallest absolute Gasteiger partial charge is 0.248 e. The summed E-state index contributed by atoms with van der Waals surface area (Å²) in [7, 11) is 1.55. The van der Waals surface area contributed by atoms with Gasteiger partial charge in [-0.1, -0.05) is 0 Å². The number of nitrogens with zero attached hydrogens (tertiary/aromatic N) is 6. The van der Waals surface area contributed by atoms with Gasteiger partial charge in [0.1, 0.15) is 38.9 Å².